The fourth-order valence-corrected chi connectivity index (χ4v) is 3.10. The molecule has 0 saturated carbocycles. The lowest BCUT2D eigenvalue weighted by Gasteiger charge is -2.32. The van der Waals surface area contributed by atoms with Crippen molar-refractivity contribution in [3.8, 4) is 0 Å². The van der Waals surface area contributed by atoms with Crippen LogP contribution in [0.4, 0.5) is 0 Å². The third kappa shape index (κ3) is 2.04. The number of carbonyl (C=O) groups excluding carboxylic acids is 4. The van der Waals surface area contributed by atoms with E-state index in [2.05, 4.69) is 0 Å². The second-order valence-corrected chi connectivity index (χ2v) is 5.54. The van der Waals surface area contributed by atoms with E-state index in [0.717, 1.165) is 12.2 Å². The molecule has 0 radical (unpaired) electrons. The Hall–Kier alpha value is -3.28. The summed E-state index contributed by atoms with van der Waals surface area (Å²) in [6, 6.07) is 6.49. The molecule has 1 aromatic rings. The van der Waals surface area contributed by atoms with Gasteiger partial charge in [0.05, 0.1) is 11.8 Å². The maximum Gasteiger partial charge on any atom is 0.336 e. The van der Waals surface area contributed by atoms with E-state index >= 15 is 0 Å². The largest absolute Gasteiger partial charge is 0.423 e. The van der Waals surface area contributed by atoms with Crippen LogP contribution >= 0.6 is 0 Å². The molecule has 0 amide bonds. The van der Waals surface area contributed by atoms with Crippen molar-refractivity contribution in [1.82, 2.24) is 0 Å². The Kier molecular flexibility index (Phi) is 3.06. The van der Waals surface area contributed by atoms with Crippen molar-refractivity contribution >= 4 is 23.5 Å². The molecule has 0 saturated heterocycles. The van der Waals surface area contributed by atoms with E-state index in [1.54, 1.807) is 24.3 Å². The predicted octanol–water partition coefficient (Wildman–Crippen LogP) is 1.74. The van der Waals surface area contributed by atoms with Gasteiger partial charge >= 0.3 is 11.9 Å². The maximum atomic E-state index is 12.9. The molecule has 1 heterocycles. The normalized spacial score (nSPS) is 26.5. The molecule has 1 aliphatic heterocycles. The molecule has 6 nitrogen and oxygen atoms in total. The van der Waals surface area contributed by atoms with E-state index in [9.17, 15) is 19.2 Å². The fraction of sp³-hybridized carbons (Fsp3) is 0.111. The summed E-state index contributed by atoms with van der Waals surface area (Å²) in [4.78, 5) is 48.9. The molecule has 0 spiro atoms. The summed E-state index contributed by atoms with van der Waals surface area (Å²) in [6.07, 6.45) is 4.75. The van der Waals surface area contributed by atoms with Gasteiger partial charge in [-0.15, -0.1) is 0 Å². The molecule has 2 unspecified atom stereocenters. The first-order chi connectivity index (χ1) is 11.6. The lowest BCUT2D eigenvalue weighted by Crippen LogP contribution is -2.40. The number of esters is 2. The number of carbonyl (C=O) groups is 4. The average Bonchev–Trinajstić information content (AvgIpc) is 2.58. The van der Waals surface area contributed by atoms with Gasteiger partial charge in [0.2, 0.25) is 0 Å². The van der Waals surface area contributed by atoms with Crippen molar-refractivity contribution in [3.63, 3.8) is 0 Å². The third-order valence-corrected chi connectivity index (χ3v) is 4.16. The van der Waals surface area contributed by atoms with Crippen molar-refractivity contribution in [1.29, 1.82) is 0 Å². The average molecular weight is 322 g/mol. The van der Waals surface area contributed by atoms with Gasteiger partial charge < -0.3 is 9.47 Å². The first-order valence-corrected chi connectivity index (χ1v) is 7.28. The Bertz CT molecular complexity index is 902. The highest BCUT2D eigenvalue weighted by atomic mass is 16.6. The van der Waals surface area contributed by atoms with Crippen LogP contribution in [0.5, 0.6) is 0 Å². The van der Waals surface area contributed by atoms with Gasteiger partial charge in [-0.2, -0.15) is 0 Å². The fourth-order valence-electron chi connectivity index (χ4n) is 3.10. The number of hydrogen-bond donors (Lipinski definition) is 0. The number of fused-ring (bicyclic) bond motifs is 3. The minimum Gasteiger partial charge on any atom is -0.423 e. The highest BCUT2D eigenvalue weighted by Gasteiger charge is 2.46. The van der Waals surface area contributed by atoms with Crippen LogP contribution in [0.25, 0.3) is 0 Å². The van der Waals surface area contributed by atoms with E-state index in [-0.39, 0.29) is 28.6 Å². The van der Waals surface area contributed by atoms with Crippen LogP contribution in [-0.4, -0.2) is 23.5 Å². The molecule has 3 aliphatic rings. The summed E-state index contributed by atoms with van der Waals surface area (Å²) in [5, 5.41) is 0. The highest BCUT2D eigenvalue weighted by Crippen LogP contribution is 2.40. The molecule has 24 heavy (non-hydrogen) atoms. The standard InChI is InChI=1S/C18H10O6/c19-13-7-8-14(20)24-18-12(23-13)6-5-11-15(18)17(22)10-4-2-1-3-9(10)16(11)21/h1-8,11,15H/b8-7-. The van der Waals surface area contributed by atoms with Crippen LogP contribution in [0.2, 0.25) is 0 Å². The highest BCUT2D eigenvalue weighted by molar-refractivity contribution is 6.17. The van der Waals surface area contributed by atoms with Gasteiger partial charge in [-0.3, -0.25) is 9.59 Å². The number of ether oxygens (including phenoxy) is 2. The smallest absolute Gasteiger partial charge is 0.336 e. The molecule has 6 heteroatoms. The molecule has 2 aliphatic carbocycles. The summed E-state index contributed by atoms with van der Waals surface area (Å²) < 4.78 is 10.3. The first-order valence-electron chi connectivity index (χ1n) is 7.28. The van der Waals surface area contributed by atoms with Gasteiger partial charge in [-0.1, -0.05) is 30.3 Å². The SMILES string of the molecule is O=C1/C=C\C(=O)OC2=C(C=CC3C(=O)c4ccccc4C(=O)C23)O1. The minimum atomic E-state index is -1.02. The zero-order valence-corrected chi connectivity index (χ0v) is 12.2. The molecule has 2 atom stereocenters. The number of allylic oxidation sites excluding steroid dienone is 3. The second-order valence-electron chi connectivity index (χ2n) is 5.54. The van der Waals surface area contributed by atoms with Crippen LogP contribution in [0.15, 0.2) is 60.1 Å². The van der Waals surface area contributed by atoms with Gasteiger partial charge in [-0.05, 0) is 6.08 Å². The summed E-state index contributed by atoms with van der Waals surface area (Å²) in [5.74, 6) is -4.07. The summed E-state index contributed by atoms with van der Waals surface area (Å²) in [6.45, 7) is 0. The van der Waals surface area contributed by atoms with Gasteiger partial charge in [-0.25, -0.2) is 9.59 Å². The van der Waals surface area contributed by atoms with Crippen molar-refractivity contribution in [2.24, 2.45) is 11.8 Å². The molecule has 4 rings (SSSR count). The number of benzene rings is 1. The summed E-state index contributed by atoms with van der Waals surface area (Å²) in [5.41, 5.74) is 0.609. The van der Waals surface area contributed by atoms with Crippen molar-refractivity contribution < 1.29 is 28.7 Å². The van der Waals surface area contributed by atoms with Gasteiger partial charge in [0.1, 0.15) is 0 Å². The van der Waals surface area contributed by atoms with Gasteiger partial charge in [0.15, 0.2) is 23.1 Å². The number of ketones is 2. The van der Waals surface area contributed by atoms with Gasteiger partial charge in [0.25, 0.3) is 0 Å². The Labute approximate surface area is 136 Å². The monoisotopic (exact) mass is 322 g/mol. The van der Waals surface area contributed by atoms with Crippen molar-refractivity contribution in [2.45, 2.75) is 0 Å². The Morgan fingerprint density at radius 1 is 0.750 bits per heavy atom. The van der Waals surface area contributed by atoms with Crippen LogP contribution in [0.1, 0.15) is 20.7 Å². The van der Waals surface area contributed by atoms with E-state index in [1.807, 2.05) is 0 Å². The third-order valence-electron chi connectivity index (χ3n) is 4.16. The molecule has 118 valence electrons. The summed E-state index contributed by atoms with van der Waals surface area (Å²) in [7, 11) is 0. The molecular formula is C18H10O6. The molecule has 0 fully saturated rings. The molecular weight excluding hydrogens is 312 g/mol. The number of Topliss-reactive ketones (excluding diaryl/α,β-unsaturated/α-hetero) is 2. The van der Waals surface area contributed by atoms with Crippen LogP contribution in [-0.2, 0) is 19.1 Å². The van der Waals surface area contributed by atoms with Gasteiger partial charge in [0, 0.05) is 23.3 Å². The number of hydrogen-bond acceptors (Lipinski definition) is 6. The molecule has 0 bridgehead atoms. The second kappa shape index (κ2) is 5.13. The van der Waals surface area contributed by atoms with Crippen LogP contribution in [0, 0.1) is 11.8 Å². The van der Waals surface area contributed by atoms with E-state index in [4.69, 9.17) is 9.47 Å². The first kappa shape index (κ1) is 14.3. The minimum absolute atomic E-state index is 0.0283. The molecule has 1 aromatic carbocycles. The molecule has 0 aromatic heterocycles. The Morgan fingerprint density at radius 3 is 2.08 bits per heavy atom. The van der Waals surface area contributed by atoms with E-state index < -0.39 is 23.8 Å². The van der Waals surface area contributed by atoms with E-state index in [0.29, 0.717) is 5.56 Å². The van der Waals surface area contributed by atoms with E-state index in [1.165, 1.54) is 12.2 Å². The number of rotatable bonds is 0. The Morgan fingerprint density at radius 2 is 1.38 bits per heavy atom. The topological polar surface area (TPSA) is 86.7 Å². The zero-order valence-electron chi connectivity index (χ0n) is 12.2. The van der Waals surface area contributed by atoms with Crippen LogP contribution in [0.3, 0.4) is 0 Å². The predicted molar refractivity (Wildman–Crippen MR) is 79.6 cm³/mol. The quantitative estimate of drug-likeness (QED) is 0.676. The molecule has 0 N–H and O–H groups in total. The lowest BCUT2D eigenvalue weighted by atomic mass is 9.71. The zero-order chi connectivity index (χ0) is 16.8. The maximum absolute atomic E-state index is 12.9. The summed E-state index contributed by atoms with van der Waals surface area (Å²) >= 11 is 0. The lowest BCUT2D eigenvalue weighted by molar-refractivity contribution is -0.140. The van der Waals surface area contributed by atoms with Crippen molar-refractivity contribution in [2.75, 3.05) is 0 Å². The van der Waals surface area contributed by atoms with Crippen molar-refractivity contribution in [3.05, 3.63) is 71.2 Å². The Balaban J connectivity index is 1.86. The van der Waals surface area contributed by atoms with Crippen LogP contribution < -0.4 is 0 Å².